The predicted octanol–water partition coefficient (Wildman–Crippen LogP) is 0.927. The van der Waals surface area contributed by atoms with Gasteiger partial charge in [-0.3, -0.25) is 4.84 Å². The van der Waals surface area contributed by atoms with Crippen molar-refractivity contribution >= 4 is 0 Å². The molecule has 12 heavy (non-hydrogen) atoms. The second kappa shape index (κ2) is 8.93. The van der Waals surface area contributed by atoms with Crippen LogP contribution in [0, 0.1) is 0 Å². The molecule has 0 rings (SSSR count). The number of ether oxygens (including phenoxy) is 2. The van der Waals surface area contributed by atoms with Crippen molar-refractivity contribution in [3.63, 3.8) is 0 Å². The highest BCUT2D eigenvalue weighted by atomic mass is 16.7. The summed E-state index contributed by atoms with van der Waals surface area (Å²) in [6, 6.07) is 0. The normalized spacial score (nSPS) is 11.0. The molecule has 0 saturated heterocycles. The molecule has 0 bridgehead atoms. The van der Waals surface area contributed by atoms with Gasteiger partial charge in [-0.05, 0) is 13.8 Å². The summed E-state index contributed by atoms with van der Waals surface area (Å²) in [5, 5.41) is 0. The Hall–Kier alpha value is -0.160. The Balaban J connectivity index is 3.34. The zero-order chi connectivity index (χ0) is 9.23. The molecule has 0 aromatic heterocycles. The quantitative estimate of drug-likeness (QED) is 0.340. The largest absolute Gasteiger partial charge is 0.350 e. The van der Waals surface area contributed by atoms with Gasteiger partial charge in [0.2, 0.25) is 0 Å². The van der Waals surface area contributed by atoms with Gasteiger partial charge in [-0.15, -0.1) is 0 Å². The highest BCUT2D eigenvalue weighted by Crippen LogP contribution is 1.94. The van der Waals surface area contributed by atoms with Crippen molar-refractivity contribution in [2.24, 2.45) is 0 Å². The first-order chi connectivity index (χ1) is 5.85. The van der Waals surface area contributed by atoms with E-state index in [0.717, 1.165) is 6.54 Å². The van der Waals surface area contributed by atoms with Crippen molar-refractivity contribution in [1.29, 1.82) is 0 Å². The molecule has 0 fully saturated rings. The van der Waals surface area contributed by atoms with E-state index in [9.17, 15) is 0 Å². The summed E-state index contributed by atoms with van der Waals surface area (Å²) < 4.78 is 10.5. The van der Waals surface area contributed by atoms with Crippen LogP contribution in [0.25, 0.3) is 0 Å². The monoisotopic (exact) mass is 177 g/mol. The van der Waals surface area contributed by atoms with Crippen LogP contribution in [0.3, 0.4) is 0 Å². The Morgan fingerprint density at radius 2 is 1.67 bits per heavy atom. The van der Waals surface area contributed by atoms with Crippen LogP contribution in [0.2, 0.25) is 0 Å². The van der Waals surface area contributed by atoms with Gasteiger partial charge in [-0.25, -0.2) is 5.48 Å². The van der Waals surface area contributed by atoms with Gasteiger partial charge in [-0.2, -0.15) is 0 Å². The van der Waals surface area contributed by atoms with E-state index < -0.39 is 0 Å². The summed E-state index contributed by atoms with van der Waals surface area (Å²) in [5.74, 6) is 0. The highest BCUT2D eigenvalue weighted by Gasteiger charge is 2.06. The molecule has 4 nitrogen and oxygen atoms in total. The minimum absolute atomic E-state index is 0.251. The molecule has 74 valence electrons. The SMILES string of the molecule is CCNOCC(OCC)OCC. The average Bonchev–Trinajstić information content (AvgIpc) is 2.06. The second-order valence-electron chi connectivity index (χ2n) is 2.15. The molecule has 0 aliphatic heterocycles. The third kappa shape index (κ3) is 6.54. The molecule has 0 amide bonds. The van der Waals surface area contributed by atoms with Gasteiger partial charge in [0, 0.05) is 19.8 Å². The van der Waals surface area contributed by atoms with Crippen LogP contribution in [0.1, 0.15) is 20.8 Å². The minimum Gasteiger partial charge on any atom is -0.350 e. The van der Waals surface area contributed by atoms with Crippen LogP contribution in [0.5, 0.6) is 0 Å². The Morgan fingerprint density at radius 1 is 1.08 bits per heavy atom. The maximum Gasteiger partial charge on any atom is 0.182 e. The van der Waals surface area contributed by atoms with E-state index >= 15 is 0 Å². The van der Waals surface area contributed by atoms with Crippen molar-refractivity contribution in [3.05, 3.63) is 0 Å². The zero-order valence-electron chi connectivity index (χ0n) is 8.13. The lowest BCUT2D eigenvalue weighted by Gasteiger charge is -2.16. The van der Waals surface area contributed by atoms with E-state index in [1.165, 1.54) is 0 Å². The Labute approximate surface area is 74.1 Å². The third-order valence-electron chi connectivity index (χ3n) is 1.17. The molecule has 4 heteroatoms. The van der Waals surface area contributed by atoms with E-state index in [1.54, 1.807) is 0 Å². The molecule has 0 radical (unpaired) electrons. The van der Waals surface area contributed by atoms with Crippen molar-refractivity contribution in [3.8, 4) is 0 Å². The lowest BCUT2D eigenvalue weighted by molar-refractivity contribution is -0.179. The zero-order valence-corrected chi connectivity index (χ0v) is 8.13. The van der Waals surface area contributed by atoms with Gasteiger partial charge in [-0.1, -0.05) is 6.92 Å². The molecule has 0 aromatic rings. The van der Waals surface area contributed by atoms with Crippen LogP contribution >= 0.6 is 0 Å². The Kier molecular flexibility index (Phi) is 8.81. The summed E-state index contributed by atoms with van der Waals surface area (Å²) in [5.41, 5.74) is 2.74. The fourth-order valence-corrected chi connectivity index (χ4v) is 0.745. The van der Waals surface area contributed by atoms with Gasteiger partial charge in [0.15, 0.2) is 6.29 Å². The van der Waals surface area contributed by atoms with Gasteiger partial charge >= 0.3 is 0 Å². The molecule has 0 heterocycles. The summed E-state index contributed by atoms with van der Waals surface area (Å²) >= 11 is 0. The minimum atomic E-state index is -0.251. The third-order valence-corrected chi connectivity index (χ3v) is 1.17. The van der Waals surface area contributed by atoms with Crippen molar-refractivity contribution in [2.75, 3.05) is 26.4 Å². The highest BCUT2D eigenvalue weighted by molar-refractivity contribution is 4.39. The smallest absolute Gasteiger partial charge is 0.182 e. The van der Waals surface area contributed by atoms with E-state index in [4.69, 9.17) is 14.3 Å². The van der Waals surface area contributed by atoms with Crippen molar-refractivity contribution in [2.45, 2.75) is 27.1 Å². The Morgan fingerprint density at radius 3 is 2.08 bits per heavy atom. The standard InChI is InChI=1S/C8H19NO3/c1-4-9-12-7-8(10-5-2)11-6-3/h8-9H,4-7H2,1-3H3. The number of hydroxylamine groups is 1. The maximum atomic E-state index is 5.24. The number of rotatable bonds is 8. The predicted molar refractivity (Wildman–Crippen MR) is 46.7 cm³/mol. The molecule has 0 atom stereocenters. The summed E-state index contributed by atoms with van der Waals surface area (Å²) in [7, 11) is 0. The lowest BCUT2D eigenvalue weighted by Crippen LogP contribution is -2.27. The molecular formula is C8H19NO3. The summed E-state index contributed by atoms with van der Waals surface area (Å²) in [6.45, 7) is 8.32. The first-order valence-corrected chi connectivity index (χ1v) is 4.42. The second-order valence-corrected chi connectivity index (χ2v) is 2.15. The lowest BCUT2D eigenvalue weighted by atomic mass is 10.6. The van der Waals surface area contributed by atoms with Crippen molar-refractivity contribution < 1.29 is 14.3 Å². The van der Waals surface area contributed by atoms with Gasteiger partial charge in [0.25, 0.3) is 0 Å². The van der Waals surface area contributed by atoms with E-state index in [0.29, 0.717) is 19.8 Å². The van der Waals surface area contributed by atoms with Crippen LogP contribution in [-0.4, -0.2) is 32.7 Å². The Bertz CT molecular complexity index is 84.4. The molecule has 0 aromatic carbocycles. The first-order valence-electron chi connectivity index (χ1n) is 4.42. The van der Waals surface area contributed by atoms with Gasteiger partial charge in [0.1, 0.15) is 6.61 Å². The van der Waals surface area contributed by atoms with Gasteiger partial charge < -0.3 is 9.47 Å². The summed E-state index contributed by atoms with van der Waals surface area (Å²) in [6.07, 6.45) is -0.251. The fourth-order valence-electron chi connectivity index (χ4n) is 0.745. The summed E-state index contributed by atoms with van der Waals surface area (Å²) in [4.78, 5) is 5.05. The number of hydrogen-bond acceptors (Lipinski definition) is 4. The van der Waals surface area contributed by atoms with E-state index in [1.807, 2.05) is 20.8 Å². The average molecular weight is 177 g/mol. The van der Waals surface area contributed by atoms with Crippen LogP contribution < -0.4 is 5.48 Å². The molecule has 0 spiro atoms. The van der Waals surface area contributed by atoms with Crippen LogP contribution in [-0.2, 0) is 14.3 Å². The molecule has 0 aliphatic rings. The van der Waals surface area contributed by atoms with Crippen LogP contribution in [0.4, 0.5) is 0 Å². The number of nitrogens with one attached hydrogen (secondary N) is 1. The van der Waals surface area contributed by atoms with Gasteiger partial charge in [0.05, 0.1) is 0 Å². The van der Waals surface area contributed by atoms with Crippen molar-refractivity contribution in [1.82, 2.24) is 5.48 Å². The number of hydrogen-bond donors (Lipinski definition) is 1. The molecule has 0 saturated carbocycles. The first kappa shape index (κ1) is 11.8. The van der Waals surface area contributed by atoms with Crippen LogP contribution in [0.15, 0.2) is 0 Å². The van der Waals surface area contributed by atoms with E-state index in [-0.39, 0.29) is 6.29 Å². The molecule has 0 aliphatic carbocycles. The topological polar surface area (TPSA) is 39.7 Å². The maximum absolute atomic E-state index is 5.24. The molecular weight excluding hydrogens is 158 g/mol. The molecule has 0 unspecified atom stereocenters. The van der Waals surface area contributed by atoms with E-state index in [2.05, 4.69) is 5.48 Å². The fraction of sp³-hybridized carbons (Fsp3) is 1.00. The molecule has 1 N–H and O–H groups in total.